The first-order chi connectivity index (χ1) is 13.4. The van der Waals surface area contributed by atoms with Crippen LogP contribution in [-0.4, -0.2) is 50.8 Å². The molecule has 0 spiro atoms. The van der Waals surface area contributed by atoms with Crippen LogP contribution in [0.5, 0.6) is 0 Å². The average molecular weight is 403 g/mol. The predicted molar refractivity (Wildman–Crippen MR) is 98.5 cm³/mol. The highest BCUT2D eigenvalue weighted by atomic mass is 32.2. The monoisotopic (exact) mass is 403 g/mol. The van der Waals surface area contributed by atoms with Gasteiger partial charge < -0.3 is 9.67 Å². The van der Waals surface area contributed by atoms with Crippen molar-refractivity contribution in [2.24, 2.45) is 18.9 Å². The molecule has 2 aromatic heterocycles. The number of benzene rings is 1. The van der Waals surface area contributed by atoms with Crippen molar-refractivity contribution < 1.29 is 18.2 Å². The Kier molecular flexibility index (Phi) is 3.87. The number of sulfonamides is 1. The highest BCUT2D eigenvalue weighted by Crippen LogP contribution is 2.48. The Hall–Kier alpha value is -2.30. The van der Waals surface area contributed by atoms with Crippen LogP contribution in [0.3, 0.4) is 0 Å². The molecule has 10 heteroatoms. The van der Waals surface area contributed by atoms with E-state index < -0.39 is 15.6 Å². The molecule has 0 bridgehead atoms. The normalized spacial score (nSPS) is 28.6. The number of imidazole rings is 1. The van der Waals surface area contributed by atoms with Crippen LogP contribution >= 0.6 is 0 Å². The van der Waals surface area contributed by atoms with E-state index in [2.05, 4.69) is 15.3 Å². The lowest BCUT2D eigenvalue weighted by molar-refractivity contribution is -0.0728. The predicted octanol–water partition coefficient (Wildman–Crippen LogP) is 1.26. The molecular weight excluding hydrogens is 382 g/mol. The van der Waals surface area contributed by atoms with E-state index in [1.54, 1.807) is 24.5 Å². The SMILES string of the molecule is Cn1ccnc1[C@@]1(O)CCC[C@@H]2CN(S(=O)(=O)c3cccc4nonc34)C[C@@H]21. The zero-order valence-electron chi connectivity index (χ0n) is 15.4. The van der Waals surface area contributed by atoms with Crippen molar-refractivity contribution in [2.75, 3.05) is 13.1 Å². The van der Waals surface area contributed by atoms with Gasteiger partial charge in [0, 0.05) is 38.4 Å². The van der Waals surface area contributed by atoms with Gasteiger partial charge in [-0.2, -0.15) is 4.31 Å². The first kappa shape index (κ1) is 17.8. The first-order valence-electron chi connectivity index (χ1n) is 9.33. The maximum absolute atomic E-state index is 13.4. The van der Waals surface area contributed by atoms with Gasteiger partial charge in [0.1, 0.15) is 21.8 Å². The van der Waals surface area contributed by atoms with Gasteiger partial charge in [-0.1, -0.05) is 6.07 Å². The minimum atomic E-state index is -3.79. The summed E-state index contributed by atoms with van der Waals surface area (Å²) in [6.45, 7) is 0.624. The van der Waals surface area contributed by atoms with E-state index in [9.17, 15) is 13.5 Å². The van der Waals surface area contributed by atoms with Gasteiger partial charge in [0.15, 0.2) is 5.52 Å². The minimum Gasteiger partial charge on any atom is -0.382 e. The van der Waals surface area contributed by atoms with E-state index in [4.69, 9.17) is 4.63 Å². The molecule has 0 amide bonds. The Morgan fingerprint density at radius 1 is 1.29 bits per heavy atom. The van der Waals surface area contributed by atoms with Crippen molar-refractivity contribution in [3.8, 4) is 0 Å². The molecule has 1 saturated carbocycles. The lowest BCUT2D eigenvalue weighted by Gasteiger charge is -2.40. The van der Waals surface area contributed by atoms with E-state index in [-0.39, 0.29) is 28.8 Å². The van der Waals surface area contributed by atoms with Crippen molar-refractivity contribution in [3.63, 3.8) is 0 Å². The Morgan fingerprint density at radius 2 is 2.14 bits per heavy atom. The van der Waals surface area contributed by atoms with E-state index >= 15 is 0 Å². The molecule has 9 nitrogen and oxygen atoms in total. The van der Waals surface area contributed by atoms with Gasteiger partial charge in [-0.3, -0.25) is 0 Å². The smallest absolute Gasteiger partial charge is 0.245 e. The lowest BCUT2D eigenvalue weighted by Crippen LogP contribution is -2.44. The second kappa shape index (κ2) is 6.10. The summed E-state index contributed by atoms with van der Waals surface area (Å²) in [5.41, 5.74) is -0.494. The number of nitrogens with zero attached hydrogens (tertiary/aromatic N) is 5. The van der Waals surface area contributed by atoms with Crippen LogP contribution in [0.2, 0.25) is 0 Å². The third-order valence-corrected chi connectivity index (χ3v) is 8.09. The standard InChI is InChI=1S/C18H21N5O4S/c1-22-9-8-19-17(22)18(24)7-3-4-12-10-23(11-13(12)18)28(25,26)15-6-2-5-14-16(15)21-27-20-14/h2,5-6,8-9,12-13,24H,3-4,7,10-11H2,1H3/t12-,13+,18-/m1/s1. The van der Waals surface area contributed by atoms with E-state index in [0.29, 0.717) is 24.3 Å². The molecule has 1 saturated heterocycles. The van der Waals surface area contributed by atoms with Crippen molar-refractivity contribution in [1.82, 2.24) is 24.2 Å². The second-order valence-electron chi connectivity index (χ2n) is 7.75. The Balaban J connectivity index is 1.52. The molecule has 0 radical (unpaired) electrons. The first-order valence-corrected chi connectivity index (χ1v) is 10.8. The molecule has 28 heavy (non-hydrogen) atoms. The van der Waals surface area contributed by atoms with Crippen LogP contribution in [0, 0.1) is 11.8 Å². The Labute approximate surface area is 162 Å². The van der Waals surface area contributed by atoms with Crippen LogP contribution < -0.4 is 0 Å². The van der Waals surface area contributed by atoms with Gasteiger partial charge in [-0.25, -0.2) is 18.0 Å². The molecule has 148 valence electrons. The number of fused-ring (bicyclic) bond motifs is 2. The summed E-state index contributed by atoms with van der Waals surface area (Å²) in [5, 5.41) is 19.0. The summed E-state index contributed by atoms with van der Waals surface area (Å²) in [7, 11) is -1.94. The fourth-order valence-electron chi connectivity index (χ4n) is 4.87. The average Bonchev–Trinajstić information content (AvgIpc) is 3.40. The molecule has 5 rings (SSSR count). The third kappa shape index (κ3) is 2.44. The fraction of sp³-hybridized carbons (Fsp3) is 0.500. The maximum atomic E-state index is 13.4. The molecule has 0 unspecified atom stereocenters. The van der Waals surface area contributed by atoms with E-state index in [1.165, 1.54) is 10.4 Å². The highest BCUT2D eigenvalue weighted by molar-refractivity contribution is 7.89. The van der Waals surface area contributed by atoms with Crippen LogP contribution in [0.15, 0.2) is 40.1 Å². The van der Waals surface area contributed by atoms with E-state index in [0.717, 1.165) is 12.8 Å². The number of hydrogen-bond acceptors (Lipinski definition) is 7. The molecule has 2 aliphatic rings. The largest absolute Gasteiger partial charge is 0.382 e. The Morgan fingerprint density at radius 3 is 2.93 bits per heavy atom. The van der Waals surface area contributed by atoms with Crippen LogP contribution in [0.4, 0.5) is 0 Å². The van der Waals surface area contributed by atoms with Gasteiger partial charge in [-0.15, -0.1) is 0 Å². The van der Waals surface area contributed by atoms with Crippen molar-refractivity contribution in [3.05, 3.63) is 36.4 Å². The second-order valence-corrected chi connectivity index (χ2v) is 9.66. The van der Waals surface area contributed by atoms with Gasteiger partial charge in [0.05, 0.1) is 0 Å². The van der Waals surface area contributed by atoms with Crippen LogP contribution in [0.1, 0.15) is 25.1 Å². The molecule has 3 heterocycles. The van der Waals surface area contributed by atoms with Gasteiger partial charge in [0.25, 0.3) is 0 Å². The van der Waals surface area contributed by atoms with E-state index in [1.807, 2.05) is 11.6 Å². The number of aliphatic hydroxyl groups is 1. The third-order valence-electron chi connectivity index (χ3n) is 6.23. The zero-order valence-corrected chi connectivity index (χ0v) is 16.2. The fourth-order valence-corrected chi connectivity index (χ4v) is 6.53. The van der Waals surface area contributed by atoms with Crippen LogP contribution in [0.25, 0.3) is 11.0 Å². The topological polar surface area (TPSA) is 114 Å². The summed E-state index contributed by atoms with van der Waals surface area (Å²) < 4.78 is 34.7. The number of rotatable bonds is 3. The summed E-state index contributed by atoms with van der Waals surface area (Å²) in [5.74, 6) is 0.482. The summed E-state index contributed by atoms with van der Waals surface area (Å²) in [4.78, 5) is 4.45. The molecule has 2 fully saturated rings. The lowest BCUT2D eigenvalue weighted by atomic mass is 9.70. The summed E-state index contributed by atoms with van der Waals surface area (Å²) >= 11 is 0. The molecule has 1 aromatic carbocycles. The molecule has 3 aromatic rings. The number of aryl methyl sites for hydroxylation is 1. The van der Waals surface area contributed by atoms with Crippen molar-refractivity contribution in [2.45, 2.75) is 29.8 Å². The molecule has 1 N–H and O–H groups in total. The minimum absolute atomic E-state index is 0.0832. The van der Waals surface area contributed by atoms with Gasteiger partial charge in [0.2, 0.25) is 10.0 Å². The van der Waals surface area contributed by atoms with Gasteiger partial charge >= 0.3 is 0 Å². The summed E-state index contributed by atoms with van der Waals surface area (Å²) in [6, 6.07) is 4.82. The maximum Gasteiger partial charge on any atom is 0.245 e. The Bertz CT molecular complexity index is 1140. The number of hydrogen-bond donors (Lipinski definition) is 1. The molecule has 1 aliphatic carbocycles. The van der Waals surface area contributed by atoms with Crippen molar-refractivity contribution >= 4 is 21.1 Å². The van der Waals surface area contributed by atoms with Crippen molar-refractivity contribution in [1.29, 1.82) is 0 Å². The molecular formula is C18H21N5O4S. The van der Waals surface area contributed by atoms with Crippen LogP contribution in [-0.2, 0) is 22.7 Å². The quantitative estimate of drug-likeness (QED) is 0.700. The highest BCUT2D eigenvalue weighted by Gasteiger charge is 2.53. The van der Waals surface area contributed by atoms with Gasteiger partial charge in [-0.05, 0) is 47.6 Å². The zero-order chi connectivity index (χ0) is 19.5. The molecule has 1 aliphatic heterocycles. The molecule has 3 atom stereocenters. The summed E-state index contributed by atoms with van der Waals surface area (Å²) in [6.07, 6.45) is 5.77. The number of aromatic nitrogens is 4.